The van der Waals surface area contributed by atoms with Crippen LogP contribution in [-0.2, 0) is 5.41 Å². The largest absolute Gasteiger partial charge is 0.366 e. The first kappa shape index (κ1) is 33.9. The van der Waals surface area contributed by atoms with Crippen LogP contribution in [0.25, 0.3) is 49.9 Å². The molecule has 0 spiro atoms. The van der Waals surface area contributed by atoms with Gasteiger partial charge in [0.2, 0.25) is 0 Å². The molecule has 10 rings (SSSR count). The van der Waals surface area contributed by atoms with Crippen molar-refractivity contribution >= 4 is 27.8 Å². The first-order valence-corrected chi connectivity index (χ1v) is 19.6. The molecule has 1 heterocycles. The Morgan fingerprint density at radius 3 is 1.88 bits per heavy atom. The number of para-hydroxylation sites is 1. The van der Waals surface area contributed by atoms with Gasteiger partial charge >= 0.3 is 0 Å². The minimum absolute atomic E-state index is 0.00716. The molecule has 0 radical (unpaired) electrons. The monoisotopic (exact) mass is 721 g/mol. The number of nitrogens with one attached hydrogen (secondary N) is 3. The average Bonchev–Trinajstić information content (AvgIpc) is 3.48. The normalized spacial score (nSPS) is 16.7. The van der Waals surface area contributed by atoms with Gasteiger partial charge in [-0.15, -0.1) is 0 Å². The van der Waals surface area contributed by atoms with E-state index in [1.165, 1.54) is 66.4 Å². The zero-order valence-corrected chi connectivity index (χ0v) is 31.6. The minimum atomic E-state index is -0.0726. The minimum Gasteiger partial charge on any atom is -0.366 e. The molecule has 3 N–H and O–H groups in total. The molecule has 2 unspecified atom stereocenters. The molecule has 0 aromatic heterocycles. The van der Waals surface area contributed by atoms with E-state index >= 15 is 0 Å². The summed E-state index contributed by atoms with van der Waals surface area (Å²) < 4.78 is 0. The van der Waals surface area contributed by atoms with E-state index in [1.807, 2.05) is 0 Å². The standard InChI is InChI=1S/C53H43N3/c1-53(2)46-22-13-21-44(51(46)45-32-40-18-9-10-19-41(40)33-47(45)53)36-24-26-37(27-25-36)49-34-50(56-52(55-49)39-16-7-4-8-17-39)38-28-30-42(31-29-38)54-48-23-12-11-20-43(48)35-14-5-3-6-15-35/h3-34,50,52,54-56H,1-2H3. The van der Waals surface area contributed by atoms with Gasteiger partial charge in [-0.25, -0.2) is 0 Å². The maximum Gasteiger partial charge on any atom is 0.104 e. The Morgan fingerprint density at radius 2 is 1.11 bits per heavy atom. The van der Waals surface area contributed by atoms with E-state index < -0.39 is 0 Å². The lowest BCUT2D eigenvalue weighted by atomic mass is 9.81. The number of hydrogen-bond acceptors (Lipinski definition) is 3. The van der Waals surface area contributed by atoms with Gasteiger partial charge in [0.25, 0.3) is 0 Å². The van der Waals surface area contributed by atoms with E-state index in [2.05, 4.69) is 224 Å². The van der Waals surface area contributed by atoms with E-state index in [9.17, 15) is 0 Å². The lowest BCUT2D eigenvalue weighted by molar-refractivity contribution is 0.443. The molecule has 56 heavy (non-hydrogen) atoms. The molecule has 0 fully saturated rings. The highest BCUT2D eigenvalue weighted by atomic mass is 15.2. The molecule has 2 aliphatic rings. The fraction of sp³-hybridized carbons (Fsp3) is 0.0943. The quantitative estimate of drug-likeness (QED) is 0.153. The van der Waals surface area contributed by atoms with Crippen LogP contribution in [0.15, 0.2) is 194 Å². The summed E-state index contributed by atoms with van der Waals surface area (Å²) in [5.74, 6) is 0. The van der Waals surface area contributed by atoms with Gasteiger partial charge in [0.1, 0.15) is 6.17 Å². The summed E-state index contributed by atoms with van der Waals surface area (Å²) in [7, 11) is 0. The van der Waals surface area contributed by atoms with Crippen molar-refractivity contribution in [1.29, 1.82) is 0 Å². The van der Waals surface area contributed by atoms with Gasteiger partial charge in [0.15, 0.2) is 0 Å². The Kier molecular flexibility index (Phi) is 8.39. The molecule has 1 aliphatic heterocycles. The van der Waals surface area contributed by atoms with Crippen molar-refractivity contribution in [2.75, 3.05) is 5.32 Å². The molecule has 1 aliphatic carbocycles. The zero-order valence-electron chi connectivity index (χ0n) is 31.6. The van der Waals surface area contributed by atoms with Crippen molar-refractivity contribution in [1.82, 2.24) is 10.6 Å². The Bertz CT molecular complexity index is 2730. The van der Waals surface area contributed by atoms with Gasteiger partial charge in [0, 0.05) is 28.1 Å². The van der Waals surface area contributed by atoms with Crippen molar-refractivity contribution in [3.63, 3.8) is 0 Å². The van der Waals surface area contributed by atoms with E-state index in [0.29, 0.717) is 0 Å². The predicted molar refractivity (Wildman–Crippen MR) is 235 cm³/mol. The van der Waals surface area contributed by atoms with Crippen LogP contribution < -0.4 is 16.0 Å². The molecule has 0 saturated heterocycles. The van der Waals surface area contributed by atoms with Crippen molar-refractivity contribution < 1.29 is 0 Å². The van der Waals surface area contributed by atoms with Crippen molar-refractivity contribution in [2.45, 2.75) is 31.5 Å². The molecule has 0 amide bonds. The lowest BCUT2D eigenvalue weighted by Crippen LogP contribution is -2.39. The summed E-state index contributed by atoms with van der Waals surface area (Å²) in [5, 5.41) is 14.0. The summed E-state index contributed by atoms with van der Waals surface area (Å²) in [6.07, 6.45) is 2.27. The first-order valence-electron chi connectivity index (χ1n) is 19.6. The second kappa shape index (κ2) is 13.9. The second-order valence-electron chi connectivity index (χ2n) is 15.5. The van der Waals surface area contributed by atoms with E-state index in [1.54, 1.807) is 0 Å². The molecule has 8 aromatic rings. The van der Waals surface area contributed by atoms with Gasteiger partial charge in [-0.05, 0) is 103 Å². The molecule has 3 heteroatoms. The number of fused-ring (bicyclic) bond motifs is 4. The summed E-state index contributed by atoms with van der Waals surface area (Å²) in [6.45, 7) is 4.73. The number of hydrogen-bond donors (Lipinski definition) is 3. The van der Waals surface area contributed by atoms with Crippen LogP contribution in [0.1, 0.15) is 53.9 Å². The molecular formula is C53H43N3. The molecular weight excluding hydrogens is 679 g/mol. The number of rotatable bonds is 7. The van der Waals surface area contributed by atoms with Crippen LogP contribution in [-0.4, -0.2) is 0 Å². The molecule has 0 bridgehead atoms. The zero-order chi connectivity index (χ0) is 37.6. The average molecular weight is 722 g/mol. The fourth-order valence-corrected chi connectivity index (χ4v) is 8.77. The number of benzene rings is 8. The first-order chi connectivity index (χ1) is 27.5. The fourth-order valence-electron chi connectivity index (χ4n) is 8.77. The Labute approximate surface area is 329 Å². The third-order valence-corrected chi connectivity index (χ3v) is 11.7. The Hall–Kier alpha value is -6.68. The highest BCUT2D eigenvalue weighted by molar-refractivity contribution is 5.98. The third kappa shape index (κ3) is 6.07. The van der Waals surface area contributed by atoms with Gasteiger partial charge in [-0.1, -0.05) is 172 Å². The van der Waals surface area contributed by atoms with Crippen molar-refractivity contribution in [2.24, 2.45) is 0 Å². The third-order valence-electron chi connectivity index (χ3n) is 11.7. The number of anilines is 2. The summed E-state index contributed by atoms with van der Waals surface area (Å²) in [5.41, 5.74) is 17.1. The summed E-state index contributed by atoms with van der Waals surface area (Å²) >= 11 is 0. The summed E-state index contributed by atoms with van der Waals surface area (Å²) in [4.78, 5) is 0. The van der Waals surface area contributed by atoms with Crippen LogP contribution in [0, 0.1) is 0 Å². The van der Waals surface area contributed by atoms with Gasteiger partial charge in [0.05, 0.1) is 6.04 Å². The molecule has 270 valence electrons. The highest BCUT2D eigenvalue weighted by Gasteiger charge is 2.37. The molecule has 0 saturated carbocycles. The lowest BCUT2D eigenvalue weighted by Gasteiger charge is -2.33. The smallest absolute Gasteiger partial charge is 0.104 e. The maximum atomic E-state index is 3.87. The van der Waals surface area contributed by atoms with Crippen molar-refractivity contribution in [3.8, 4) is 33.4 Å². The van der Waals surface area contributed by atoms with Crippen molar-refractivity contribution in [3.05, 3.63) is 222 Å². The SMILES string of the molecule is CC1(C)c2cc3ccccc3cc2-c2c(-c3ccc(C4=CC(c5ccc(Nc6ccccc6-c6ccccc6)cc5)NC(c5ccccc5)N4)cc3)cccc21. The predicted octanol–water partition coefficient (Wildman–Crippen LogP) is 13.2. The Morgan fingerprint density at radius 1 is 0.482 bits per heavy atom. The maximum absolute atomic E-state index is 3.87. The van der Waals surface area contributed by atoms with E-state index in [4.69, 9.17) is 0 Å². The van der Waals surface area contributed by atoms with E-state index in [0.717, 1.165) is 22.6 Å². The van der Waals surface area contributed by atoms with Gasteiger partial charge in [-0.3, -0.25) is 5.32 Å². The van der Waals surface area contributed by atoms with Crippen LogP contribution in [0.3, 0.4) is 0 Å². The highest BCUT2D eigenvalue weighted by Crippen LogP contribution is 2.53. The second-order valence-corrected chi connectivity index (χ2v) is 15.5. The molecule has 2 atom stereocenters. The van der Waals surface area contributed by atoms with Gasteiger partial charge < -0.3 is 10.6 Å². The van der Waals surface area contributed by atoms with E-state index in [-0.39, 0.29) is 17.6 Å². The van der Waals surface area contributed by atoms with Crippen LogP contribution in [0.5, 0.6) is 0 Å². The Balaban J connectivity index is 0.969. The topological polar surface area (TPSA) is 36.1 Å². The molecule has 3 nitrogen and oxygen atoms in total. The molecule has 8 aromatic carbocycles. The van der Waals surface area contributed by atoms with Crippen LogP contribution in [0.4, 0.5) is 11.4 Å². The summed E-state index contributed by atoms with van der Waals surface area (Å²) in [6, 6.07) is 68.0. The van der Waals surface area contributed by atoms with Crippen LogP contribution in [0.2, 0.25) is 0 Å². The van der Waals surface area contributed by atoms with Crippen LogP contribution >= 0.6 is 0 Å². The van der Waals surface area contributed by atoms with Gasteiger partial charge in [-0.2, -0.15) is 0 Å².